The van der Waals surface area contributed by atoms with Crippen molar-refractivity contribution in [2.45, 2.75) is 43.9 Å². The molecule has 38 heavy (non-hydrogen) atoms. The molecule has 3 amide bonds. The molecule has 4 rings (SSSR count). The van der Waals surface area contributed by atoms with Gasteiger partial charge in [-0.25, -0.2) is 14.8 Å². The SMILES string of the molecule is CN(C(=O)NC1CCCN(c2cnc(C(N)=O)c(NC3CCOCC3)n2)C1)c1cc(Cl)cc(C(F)(F)F)c1. The molecule has 0 radical (unpaired) electrons. The van der Waals surface area contributed by atoms with E-state index in [2.05, 4.69) is 20.6 Å². The van der Waals surface area contributed by atoms with Crippen LogP contribution in [0.15, 0.2) is 24.4 Å². The number of halogens is 4. The van der Waals surface area contributed by atoms with Crippen molar-refractivity contribution in [3.8, 4) is 0 Å². The first-order valence-electron chi connectivity index (χ1n) is 12.2. The lowest BCUT2D eigenvalue weighted by molar-refractivity contribution is -0.137. The smallest absolute Gasteiger partial charge is 0.381 e. The van der Waals surface area contributed by atoms with E-state index < -0.39 is 23.7 Å². The lowest BCUT2D eigenvalue weighted by Gasteiger charge is -2.35. The fourth-order valence-corrected chi connectivity index (χ4v) is 4.70. The summed E-state index contributed by atoms with van der Waals surface area (Å²) < 4.78 is 44.9. The lowest BCUT2D eigenvalue weighted by Crippen LogP contribution is -2.51. The van der Waals surface area contributed by atoms with Crippen LogP contribution >= 0.6 is 11.6 Å². The number of hydrogen-bond acceptors (Lipinski definition) is 7. The first-order chi connectivity index (χ1) is 18.0. The number of amides is 3. The van der Waals surface area contributed by atoms with E-state index >= 15 is 0 Å². The molecule has 2 aliphatic rings. The van der Waals surface area contributed by atoms with Gasteiger partial charge in [0.2, 0.25) is 0 Å². The summed E-state index contributed by atoms with van der Waals surface area (Å²) in [5.74, 6) is 0.121. The van der Waals surface area contributed by atoms with E-state index in [0.29, 0.717) is 44.4 Å². The highest BCUT2D eigenvalue weighted by molar-refractivity contribution is 6.31. The number of anilines is 3. The van der Waals surface area contributed by atoms with E-state index in [0.717, 1.165) is 36.3 Å². The van der Waals surface area contributed by atoms with Crippen LogP contribution in [0.25, 0.3) is 0 Å². The minimum atomic E-state index is -4.59. The number of alkyl halides is 3. The molecule has 2 aromatic rings. The van der Waals surface area contributed by atoms with Crippen LogP contribution in [0, 0.1) is 0 Å². The monoisotopic (exact) mass is 555 g/mol. The molecule has 14 heteroatoms. The van der Waals surface area contributed by atoms with Gasteiger partial charge >= 0.3 is 12.2 Å². The number of carbonyl (C=O) groups is 2. The first kappa shape index (κ1) is 27.7. The quantitative estimate of drug-likeness (QED) is 0.497. The summed E-state index contributed by atoms with van der Waals surface area (Å²) in [5.41, 5.74) is 4.63. The van der Waals surface area contributed by atoms with Gasteiger partial charge in [0.1, 0.15) is 5.82 Å². The number of benzene rings is 1. The number of rotatable bonds is 6. The number of ether oxygens (including phenoxy) is 1. The summed E-state index contributed by atoms with van der Waals surface area (Å²) in [7, 11) is 1.38. The third-order valence-electron chi connectivity index (χ3n) is 6.53. The highest BCUT2D eigenvalue weighted by Crippen LogP contribution is 2.34. The normalized spacial score (nSPS) is 18.7. The predicted molar refractivity (Wildman–Crippen MR) is 137 cm³/mol. The van der Waals surface area contributed by atoms with Gasteiger partial charge in [0.15, 0.2) is 11.5 Å². The van der Waals surface area contributed by atoms with Crippen LogP contribution in [0.1, 0.15) is 41.7 Å². The number of nitrogens with zero attached hydrogens (tertiary/aromatic N) is 4. The van der Waals surface area contributed by atoms with Gasteiger partial charge in [0.05, 0.1) is 11.8 Å². The third-order valence-corrected chi connectivity index (χ3v) is 6.75. The minimum Gasteiger partial charge on any atom is -0.381 e. The number of aromatic nitrogens is 2. The molecule has 2 aliphatic heterocycles. The Morgan fingerprint density at radius 3 is 2.61 bits per heavy atom. The third kappa shape index (κ3) is 6.76. The zero-order valence-corrected chi connectivity index (χ0v) is 21.5. The highest BCUT2D eigenvalue weighted by Gasteiger charge is 2.32. The maximum atomic E-state index is 13.2. The van der Waals surface area contributed by atoms with Crippen molar-refractivity contribution in [3.63, 3.8) is 0 Å². The van der Waals surface area contributed by atoms with Gasteiger partial charge in [0, 0.05) is 56.1 Å². The van der Waals surface area contributed by atoms with Crippen molar-refractivity contribution in [1.82, 2.24) is 15.3 Å². The van der Waals surface area contributed by atoms with Crippen LogP contribution in [0.3, 0.4) is 0 Å². The Morgan fingerprint density at radius 2 is 1.92 bits per heavy atom. The summed E-state index contributed by atoms with van der Waals surface area (Å²) in [5, 5.41) is 6.01. The topological polar surface area (TPSA) is 126 Å². The summed E-state index contributed by atoms with van der Waals surface area (Å²) in [6, 6.07) is 2.19. The number of urea groups is 1. The zero-order chi connectivity index (χ0) is 27.4. The summed E-state index contributed by atoms with van der Waals surface area (Å²) in [6.45, 7) is 2.24. The molecule has 2 saturated heterocycles. The van der Waals surface area contributed by atoms with Crippen LogP contribution in [0.5, 0.6) is 0 Å². The maximum Gasteiger partial charge on any atom is 0.416 e. The second kappa shape index (κ2) is 11.6. The van der Waals surface area contributed by atoms with E-state index in [1.807, 2.05) is 4.90 Å². The molecule has 4 N–H and O–H groups in total. The summed E-state index contributed by atoms with van der Waals surface area (Å²) in [4.78, 5) is 36.7. The van der Waals surface area contributed by atoms with E-state index in [1.54, 1.807) is 0 Å². The molecule has 10 nitrogen and oxygen atoms in total. The molecule has 1 aromatic carbocycles. The second-order valence-corrected chi connectivity index (χ2v) is 9.75. The molecule has 0 saturated carbocycles. The highest BCUT2D eigenvalue weighted by atomic mass is 35.5. The van der Waals surface area contributed by atoms with Crippen LogP contribution < -0.4 is 26.2 Å². The average molecular weight is 556 g/mol. The Labute approximate surface area is 222 Å². The standard InChI is InChI=1S/C24H29ClF3N7O3/c1-34(18-10-14(24(26,27)28)9-15(25)11-18)23(37)32-17-3-2-6-35(13-17)19-12-30-20(21(29)36)22(33-19)31-16-4-7-38-8-5-16/h9-12,16-17H,2-8,13H2,1H3,(H2,29,36)(H,31,33)(H,32,37). The molecule has 0 bridgehead atoms. The van der Waals surface area contributed by atoms with E-state index in [4.69, 9.17) is 22.1 Å². The fraction of sp³-hybridized carbons (Fsp3) is 0.500. The average Bonchev–Trinajstić information content (AvgIpc) is 2.88. The van der Waals surface area contributed by atoms with E-state index in [9.17, 15) is 22.8 Å². The molecule has 0 aliphatic carbocycles. The molecule has 1 unspecified atom stereocenters. The van der Waals surface area contributed by atoms with Crippen molar-refractivity contribution in [1.29, 1.82) is 0 Å². The number of primary amides is 1. The van der Waals surface area contributed by atoms with Crippen LogP contribution in [0.4, 0.5) is 35.3 Å². The van der Waals surface area contributed by atoms with Crippen LogP contribution in [-0.2, 0) is 10.9 Å². The van der Waals surface area contributed by atoms with Crippen molar-refractivity contribution in [3.05, 3.63) is 40.7 Å². The van der Waals surface area contributed by atoms with Gasteiger partial charge in [-0.05, 0) is 43.9 Å². The van der Waals surface area contributed by atoms with Gasteiger partial charge in [-0.15, -0.1) is 0 Å². The first-order valence-corrected chi connectivity index (χ1v) is 12.6. The molecule has 1 aromatic heterocycles. The Morgan fingerprint density at radius 1 is 1.18 bits per heavy atom. The van der Waals surface area contributed by atoms with Gasteiger partial charge in [-0.3, -0.25) is 9.69 Å². The number of hydrogen-bond donors (Lipinski definition) is 3. The van der Waals surface area contributed by atoms with Gasteiger partial charge in [-0.2, -0.15) is 13.2 Å². The lowest BCUT2D eigenvalue weighted by atomic mass is 10.1. The molecule has 2 fully saturated rings. The Hall–Kier alpha value is -3.32. The Balaban J connectivity index is 1.45. The number of piperidine rings is 1. The largest absolute Gasteiger partial charge is 0.416 e. The van der Waals surface area contributed by atoms with E-state index in [-0.39, 0.29) is 28.5 Å². The van der Waals surface area contributed by atoms with Gasteiger partial charge in [0.25, 0.3) is 5.91 Å². The fourth-order valence-electron chi connectivity index (χ4n) is 4.47. The molecule has 206 valence electrons. The molecule has 1 atom stereocenters. The van der Waals surface area contributed by atoms with Gasteiger partial charge < -0.3 is 26.0 Å². The molecular formula is C24H29ClF3N7O3. The predicted octanol–water partition coefficient (Wildman–Crippen LogP) is 3.65. The molecular weight excluding hydrogens is 527 g/mol. The summed E-state index contributed by atoms with van der Waals surface area (Å²) >= 11 is 5.87. The number of nitrogens with one attached hydrogen (secondary N) is 2. The minimum absolute atomic E-state index is 0.0201. The van der Waals surface area contributed by atoms with Crippen molar-refractivity contribution >= 4 is 40.9 Å². The molecule has 3 heterocycles. The van der Waals surface area contributed by atoms with Crippen LogP contribution in [0.2, 0.25) is 5.02 Å². The number of carbonyl (C=O) groups excluding carboxylic acids is 2. The maximum absolute atomic E-state index is 13.2. The Bertz CT molecular complexity index is 1180. The zero-order valence-electron chi connectivity index (χ0n) is 20.7. The van der Waals surface area contributed by atoms with Gasteiger partial charge in [-0.1, -0.05) is 11.6 Å². The molecule has 0 spiro atoms. The number of nitrogens with two attached hydrogens (primary N) is 1. The Kier molecular flexibility index (Phi) is 8.46. The van der Waals surface area contributed by atoms with Crippen molar-refractivity contribution in [2.24, 2.45) is 5.73 Å². The summed E-state index contributed by atoms with van der Waals surface area (Å²) in [6.07, 6.45) is -0.217. The second-order valence-electron chi connectivity index (χ2n) is 9.31. The van der Waals surface area contributed by atoms with E-state index in [1.165, 1.54) is 19.3 Å². The van der Waals surface area contributed by atoms with Crippen molar-refractivity contribution in [2.75, 3.05) is 48.5 Å². The van der Waals surface area contributed by atoms with Crippen LogP contribution in [-0.4, -0.2) is 67.3 Å². The van der Waals surface area contributed by atoms with Crippen molar-refractivity contribution < 1.29 is 27.5 Å².